The van der Waals surface area contributed by atoms with E-state index in [9.17, 15) is 9.90 Å². The number of hydrogen-bond acceptors (Lipinski definition) is 4. The molecule has 152 valence electrons. The molecule has 0 saturated heterocycles. The zero-order valence-electron chi connectivity index (χ0n) is 16.6. The van der Waals surface area contributed by atoms with Crippen LogP contribution in [-0.2, 0) is 6.54 Å². The number of aromatic amines is 1. The molecule has 0 amide bonds. The van der Waals surface area contributed by atoms with Gasteiger partial charge in [0, 0.05) is 28.7 Å². The van der Waals surface area contributed by atoms with E-state index >= 15 is 0 Å². The van der Waals surface area contributed by atoms with Crippen molar-refractivity contribution in [1.29, 1.82) is 0 Å². The lowest BCUT2D eigenvalue weighted by Crippen LogP contribution is -2.37. The molecule has 0 atom stereocenters. The van der Waals surface area contributed by atoms with Crippen LogP contribution in [-0.4, -0.2) is 39.9 Å². The topological polar surface area (TPSA) is 77.6 Å². The fraction of sp³-hybridized carbons (Fsp3) is 0.273. The summed E-state index contributed by atoms with van der Waals surface area (Å²) in [5, 5.41) is 14.0. The summed E-state index contributed by atoms with van der Waals surface area (Å²) < 4.78 is 5.55. The van der Waals surface area contributed by atoms with Crippen LogP contribution in [0, 0.1) is 6.92 Å². The number of fused-ring (bicyclic) bond motifs is 1. The Morgan fingerprint density at radius 3 is 2.66 bits per heavy atom. The van der Waals surface area contributed by atoms with Crippen LogP contribution in [0.2, 0.25) is 0 Å². The van der Waals surface area contributed by atoms with Gasteiger partial charge < -0.3 is 25.0 Å². The van der Waals surface area contributed by atoms with Crippen molar-refractivity contribution in [3.05, 3.63) is 70.0 Å². The largest absolute Gasteiger partial charge is 0.494 e. The van der Waals surface area contributed by atoms with Gasteiger partial charge in [-0.1, -0.05) is 17.7 Å². The normalized spacial score (nSPS) is 10.7. The number of aromatic nitrogens is 1. The van der Waals surface area contributed by atoms with Gasteiger partial charge in [0.15, 0.2) is 5.11 Å². The van der Waals surface area contributed by atoms with E-state index in [1.165, 1.54) is 0 Å². The smallest absolute Gasteiger partial charge is 0.253 e. The average molecular weight is 412 g/mol. The zero-order valence-corrected chi connectivity index (χ0v) is 17.4. The molecule has 0 fully saturated rings. The van der Waals surface area contributed by atoms with Crippen LogP contribution in [0.5, 0.6) is 5.75 Å². The van der Waals surface area contributed by atoms with E-state index in [1.54, 1.807) is 4.90 Å². The molecule has 0 saturated carbocycles. The van der Waals surface area contributed by atoms with Crippen LogP contribution in [0.3, 0.4) is 0 Å². The second-order valence-corrected chi connectivity index (χ2v) is 7.13. The predicted octanol–water partition coefficient (Wildman–Crippen LogP) is 3.43. The van der Waals surface area contributed by atoms with Crippen molar-refractivity contribution in [2.45, 2.75) is 20.4 Å². The lowest BCUT2D eigenvalue weighted by atomic mass is 10.1. The number of aliphatic hydroxyl groups excluding tert-OH is 1. The van der Waals surface area contributed by atoms with Crippen LogP contribution in [0.15, 0.2) is 53.3 Å². The van der Waals surface area contributed by atoms with Crippen LogP contribution < -0.4 is 15.6 Å². The zero-order chi connectivity index (χ0) is 20.8. The molecule has 3 rings (SSSR count). The maximum Gasteiger partial charge on any atom is 0.253 e. The van der Waals surface area contributed by atoms with Crippen LogP contribution in [0.1, 0.15) is 18.1 Å². The van der Waals surface area contributed by atoms with Crippen molar-refractivity contribution in [3.8, 4) is 5.75 Å². The molecule has 0 aliphatic rings. The summed E-state index contributed by atoms with van der Waals surface area (Å²) in [6, 6.07) is 15.3. The standard InChI is InChI=1S/C22H25N3O3S/c1-3-28-19-8-9-20-16(13-19)12-17(21(27)24-20)14-25(10-11-26)22(29)23-18-6-4-15(2)5-7-18/h4-9,12-13,26H,3,10-11,14H2,1-2H3,(H,23,29)(H,24,27). The first kappa shape index (κ1) is 20.8. The highest BCUT2D eigenvalue weighted by Gasteiger charge is 2.13. The van der Waals surface area contributed by atoms with Crippen molar-refractivity contribution in [1.82, 2.24) is 9.88 Å². The number of benzene rings is 2. The monoisotopic (exact) mass is 411 g/mol. The Kier molecular flexibility index (Phi) is 6.85. The van der Waals surface area contributed by atoms with Crippen LogP contribution >= 0.6 is 12.2 Å². The molecule has 0 aliphatic heterocycles. The van der Waals surface area contributed by atoms with Crippen molar-refractivity contribution in [3.63, 3.8) is 0 Å². The summed E-state index contributed by atoms with van der Waals surface area (Å²) in [6.45, 7) is 5.04. The number of anilines is 1. The SMILES string of the molecule is CCOc1ccc2[nH]c(=O)c(CN(CCO)C(=S)Nc3ccc(C)cc3)cc2c1. The third kappa shape index (κ3) is 5.34. The predicted molar refractivity (Wildman–Crippen MR) is 121 cm³/mol. The Morgan fingerprint density at radius 2 is 1.97 bits per heavy atom. The molecule has 1 aromatic heterocycles. The molecule has 0 radical (unpaired) electrons. The van der Waals surface area contributed by atoms with Gasteiger partial charge in [-0.15, -0.1) is 0 Å². The third-order valence-corrected chi connectivity index (χ3v) is 4.89. The maximum absolute atomic E-state index is 12.6. The minimum Gasteiger partial charge on any atom is -0.494 e. The van der Waals surface area contributed by atoms with Gasteiger partial charge in [0.2, 0.25) is 0 Å². The van der Waals surface area contributed by atoms with Gasteiger partial charge in [-0.05, 0) is 62.5 Å². The second-order valence-electron chi connectivity index (χ2n) is 6.75. The molecule has 7 heteroatoms. The highest BCUT2D eigenvalue weighted by molar-refractivity contribution is 7.80. The van der Waals surface area contributed by atoms with Gasteiger partial charge in [-0.2, -0.15) is 0 Å². The van der Waals surface area contributed by atoms with Gasteiger partial charge >= 0.3 is 0 Å². The lowest BCUT2D eigenvalue weighted by Gasteiger charge is -2.25. The van der Waals surface area contributed by atoms with Crippen molar-refractivity contribution in [2.24, 2.45) is 0 Å². The van der Waals surface area contributed by atoms with Gasteiger partial charge in [0.1, 0.15) is 5.75 Å². The summed E-state index contributed by atoms with van der Waals surface area (Å²) in [6.07, 6.45) is 0. The van der Waals surface area contributed by atoms with Crippen LogP contribution in [0.25, 0.3) is 10.9 Å². The number of nitrogens with zero attached hydrogens (tertiary/aromatic N) is 1. The summed E-state index contributed by atoms with van der Waals surface area (Å²) in [5.74, 6) is 0.752. The van der Waals surface area contributed by atoms with Crippen molar-refractivity contribution in [2.75, 3.05) is 25.1 Å². The molecular formula is C22H25N3O3S. The van der Waals surface area contributed by atoms with Gasteiger partial charge in [0.25, 0.3) is 5.56 Å². The first-order chi connectivity index (χ1) is 14.0. The Bertz CT molecular complexity index is 1050. The fourth-order valence-corrected chi connectivity index (χ4v) is 3.30. The summed E-state index contributed by atoms with van der Waals surface area (Å²) in [4.78, 5) is 17.2. The average Bonchev–Trinajstić information content (AvgIpc) is 2.70. The lowest BCUT2D eigenvalue weighted by molar-refractivity contribution is 0.248. The number of pyridine rings is 1. The number of rotatable bonds is 7. The quantitative estimate of drug-likeness (QED) is 0.517. The van der Waals surface area contributed by atoms with E-state index in [4.69, 9.17) is 17.0 Å². The highest BCUT2D eigenvalue weighted by Crippen LogP contribution is 2.20. The van der Waals surface area contributed by atoms with E-state index in [0.29, 0.717) is 23.8 Å². The van der Waals surface area contributed by atoms with E-state index in [0.717, 1.165) is 27.9 Å². The van der Waals surface area contributed by atoms with E-state index in [-0.39, 0.29) is 18.7 Å². The number of aliphatic hydroxyl groups is 1. The number of thiocarbonyl (C=S) groups is 1. The first-order valence-corrected chi connectivity index (χ1v) is 9.93. The van der Waals surface area contributed by atoms with E-state index in [1.807, 2.05) is 62.4 Å². The minimum atomic E-state index is -0.178. The number of nitrogens with one attached hydrogen (secondary N) is 2. The number of aryl methyl sites for hydroxylation is 1. The number of H-pyrrole nitrogens is 1. The molecular weight excluding hydrogens is 386 g/mol. The molecule has 0 bridgehead atoms. The van der Waals surface area contributed by atoms with Crippen molar-refractivity contribution >= 4 is 33.9 Å². The molecule has 0 spiro atoms. The third-order valence-electron chi connectivity index (χ3n) is 4.52. The molecule has 3 N–H and O–H groups in total. The Balaban J connectivity index is 1.84. The van der Waals surface area contributed by atoms with Crippen molar-refractivity contribution < 1.29 is 9.84 Å². The summed E-state index contributed by atoms with van der Waals surface area (Å²) in [5.41, 5.74) is 3.15. The van der Waals surface area contributed by atoms with Gasteiger partial charge in [-0.3, -0.25) is 4.79 Å². The van der Waals surface area contributed by atoms with Gasteiger partial charge in [0.05, 0.1) is 19.8 Å². The first-order valence-electron chi connectivity index (χ1n) is 9.52. The Hall–Kier alpha value is -2.90. The van der Waals surface area contributed by atoms with Gasteiger partial charge in [-0.25, -0.2) is 0 Å². The minimum absolute atomic E-state index is 0.0737. The Labute approximate surface area is 175 Å². The molecule has 0 unspecified atom stereocenters. The Morgan fingerprint density at radius 1 is 1.21 bits per heavy atom. The number of ether oxygens (including phenoxy) is 1. The molecule has 1 heterocycles. The van der Waals surface area contributed by atoms with Crippen LogP contribution in [0.4, 0.5) is 5.69 Å². The fourth-order valence-electron chi connectivity index (χ4n) is 3.02. The highest BCUT2D eigenvalue weighted by atomic mass is 32.1. The molecule has 2 aromatic carbocycles. The second kappa shape index (κ2) is 9.54. The molecule has 29 heavy (non-hydrogen) atoms. The molecule has 3 aromatic rings. The summed E-state index contributed by atoms with van der Waals surface area (Å²) >= 11 is 5.52. The maximum atomic E-state index is 12.6. The van der Waals surface area contributed by atoms with E-state index in [2.05, 4.69) is 10.3 Å². The molecule has 0 aliphatic carbocycles. The van der Waals surface area contributed by atoms with E-state index < -0.39 is 0 Å². The number of hydrogen-bond donors (Lipinski definition) is 3. The summed E-state index contributed by atoms with van der Waals surface area (Å²) in [7, 11) is 0. The molecule has 6 nitrogen and oxygen atoms in total.